The Bertz CT molecular complexity index is 1370. The summed E-state index contributed by atoms with van der Waals surface area (Å²) in [5.74, 6) is -0.0420. The molecule has 12 nitrogen and oxygen atoms in total. The molecule has 1 aliphatic carbocycles. The van der Waals surface area contributed by atoms with Crippen LogP contribution in [0, 0.1) is 16.0 Å². The fourth-order valence-corrected chi connectivity index (χ4v) is 5.39. The maximum absolute atomic E-state index is 11.9. The van der Waals surface area contributed by atoms with Crippen LogP contribution in [-0.2, 0) is 30.4 Å². The minimum absolute atomic E-state index is 0.00382. The number of hydrogen-bond donors (Lipinski definition) is 2. The van der Waals surface area contributed by atoms with E-state index < -0.39 is 23.1 Å². The van der Waals surface area contributed by atoms with E-state index >= 15 is 0 Å². The van der Waals surface area contributed by atoms with Crippen LogP contribution < -0.4 is 14.8 Å². The number of nitrogens with one attached hydrogen (secondary N) is 1. The third-order valence-corrected chi connectivity index (χ3v) is 8.40. The van der Waals surface area contributed by atoms with E-state index in [4.69, 9.17) is 14.2 Å². The second-order valence-electron chi connectivity index (χ2n) is 12.6. The number of aliphatic hydroxyl groups excluding tert-OH is 1. The lowest BCUT2D eigenvalue weighted by atomic mass is 9.97. The number of nitrogens with zero attached hydrogens (tertiary/aromatic N) is 1. The summed E-state index contributed by atoms with van der Waals surface area (Å²) in [5.41, 5.74) is 2.16. The number of rotatable bonds is 22. The third-order valence-electron chi connectivity index (χ3n) is 8.40. The van der Waals surface area contributed by atoms with Crippen molar-refractivity contribution in [2.45, 2.75) is 116 Å². The summed E-state index contributed by atoms with van der Waals surface area (Å²) in [4.78, 5) is 47.8. The zero-order valence-electron chi connectivity index (χ0n) is 31.9. The van der Waals surface area contributed by atoms with E-state index in [9.17, 15) is 29.6 Å². The van der Waals surface area contributed by atoms with Gasteiger partial charge in [-0.3, -0.25) is 9.59 Å². The normalized spacial score (nSPS) is 15.3. The molecule has 1 fully saturated rings. The van der Waals surface area contributed by atoms with Crippen LogP contribution in [0.2, 0.25) is 0 Å². The SMILES string of the molecule is C/C=C\CCCC.COc1cc(/C=C/COC(=O)CCCO[N+](=O)[O-])ccc1OC(=O)C(C)NC=O.OC1CCCC1CCCCCc1ccccc1. The molecule has 0 saturated heterocycles. The van der Waals surface area contributed by atoms with Gasteiger partial charge in [0.25, 0.3) is 5.09 Å². The molecule has 3 atom stereocenters. The number of carbonyl (C=O) groups is 3. The summed E-state index contributed by atoms with van der Waals surface area (Å²) >= 11 is 0. The van der Waals surface area contributed by atoms with Crippen LogP contribution in [0.5, 0.6) is 11.5 Å². The van der Waals surface area contributed by atoms with Crippen LogP contribution in [0.1, 0.15) is 109 Å². The molecule has 53 heavy (non-hydrogen) atoms. The molecule has 294 valence electrons. The van der Waals surface area contributed by atoms with Crippen molar-refractivity contribution in [3.05, 3.63) is 88.0 Å². The van der Waals surface area contributed by atoms with Gasteiger partial charge in [0.15, 0.2) is 11.5 Å². The first-order valence-corrected chi connectivity index (χ1v) is 18.7. The number of carbonyl (C=O) groups excluding carboxylic acids is 3. The van der Waals surface area contributed by atoms with Gasteiger partial charge >= 0.3 is 11.9 Å². The Morgan fingerprint density at radius 2 is 1.81 bits per heavy atom. The summed E-state index contributed by atoms with van der Waals surface area (Å²) in [5, 5.41) is 21.1. The highest BCUT2D eigenvalue weighted by atomic mass is 16.9. The second-order valence-corrected chi connectivity index (χ2v) is 12.6. The molecular formula is C41H60N2O10. The van der Waals surface area contributed by atoms with Crippen LogP contribution in [0.15, 0.2) is 66.8 Å². The molecule has 0 spiro atoms. The number of aliphatic hydroxyl groups is 1. The highest BCUT2D eigenvalue weighted by Gasteiger charge is 2.24. The van der Waals surface area contributed by atoms with Crippen molar-refractivity contribution in [1.82, 2.24) is 5.32 Å². The standard InChI is InChI=1S/C18H22N2O9.C16H24O.C7H14/c1-13(19-12-21)18(23)29-15-8-7-14(11-16(15)26-2)5-3-9-27-17(22)6-4-10-28-20(24)25;17-16-13-7-12-15(16)11-6-2-5-10-14-8-3-1-4-9-14;1-3-5-7-6-4-2/h3,5,7-8,11-13H,4,6,9-10H2,1-2H3,(H,19,21);1,3-4,8-9,15-17H,2,5-7,10-13H2;3,5H,4,6-7H2,1-2H3/b5-3+;;5-3-. The Hall–Kier alpha value is -4.71. The van der Waals surface area contributed by atoms with Crippen LogP contribution in [0.3, 0.4) is 0 Å². The number of allylic oxidation sites excluding steroid dienone is 2. The largest absolute Gasteiger partial charge is 0.493 e. The number of esters is 2. The van der Waals surface area contributed by atoms with E-state index in [-0.39, 0.29) is 37.9 Å². The Morgan fingerprint density at radius 1 is 1.04 bits per heavy atom. The van der Waals surface area contributed by atoms with Crippen molar-refractivity contribution in [3.8, 4) is 11.5 Å². The summed E-state index contributed by atoms with van der Waals surface area (Å²) in [6, 6.07) is 14.7. The minimum atomic E-state index is -0.919. The molecule has 2 aromatic rings. The lowest BCUT2D eigenvalue weighted by molar-refractivity contribution is -0.757. The molecule has 0 bridgehead atoms. The quantitative estimate of drug-likeness (QED) is 0.0230. The summed E-state index contributed by atoms with van der Waals surface area (Å²) in [7, 11) is 1.41. The van der Waals surface area contributed by atoms with E-state index in [1.54, 1.807) is 24.3 Å². The molecule has 1 amide bonds. The van der Waals surface area contributed by atoms with E-state index in [1.807, 2.05) is 0 Å². The monoisotopic (exact) mass is 740 g/mol. The van der Waals surface area contributed by atoms with Crippen LogP contribution >= 0.6 is 0 Å². The van der Waals surface area contributed by atoms with E-state index in [1.165, 1.54) is 89.9 Å². The first kappa shape index (κ1) is 46.3. The Morgan fingerprint density at radius 3 is 2.45 bits per heavy atom. The van der Waals surface area contributed by atoms with Gasteiger partial charge in [0, 0.05) is 6.42 Å². The molecule has 0 radical (unpaired) electrons. The highest BCUT2D eigenvalue weighted by Crippen LogP contribution is 2.30. The Balaban J connectivity index is 0.000000487. The smallest absolute Gasteiger partial charge is 0.333 e. The first-order chi connectivity index (χ1) is 25.6. The maximum atomic E-state index is 11.9. The van der Waals surface area contributed by atoms with Gasteiger partial charge in [-0.05, 0) is 94.0 Å². The third kappa shape index (κ3) is 22.8. The summed E-state index contributed by atoms with van der Waals surface area (Å²) < 4.78 is 15.4. The van der Waals surface area contributed by atoms with Gasteiger partial charge in [0.2, 0.25) is 6.41 Å². The van der Waals surface area contributed by atoms with Crippen LogP contribution in [-0.4, -0.2) is 61.0 Å². The molecule has 2 N–H and O–H groups in total. The van der Waals surface area contributed by atoms with Gasteiger partial charge in [-0.2, -0.15) is 0 Å². The molecule has 12 heteroatoms. The zero-order valence-corrected chi connectivity index (χ0v) is 31.9. The van der Waals surface area contributed by atoms with Crippen LogP contribution in [0.4, 0.5) is 0 Å². The zero-order chi connectivity index (χ0) is 39.1. The highest BCUT2D eigenvalue weighted by molar-refractivity contribution is 5.80. The lowest BCUT2D eigenvalue weighted by Crippen LogP contribution is -2.36. The van der Waals surface area contributed by atoms with Gasteiger partial charge in [0.1, 0.15) is 12.6 Å². The number of benzene rings is 2. The molecule has 0 aromatic heterocycles. The molecule has 3 unspecified atom stereocenters. The molecule has 1 saturated carbocycles. The molecule has 0 heterocycles. The van der Waals surface area contributed by atoms with Crippen molar-refractivity contribution in [2.24, 2.45) is 5.92 Å². The second kappa shape index (κ2) is 29.8. The van der Waals surface area contributed by atoms with Gasteiger partial charge in [-0.15, -0.1) is 10.1 Å². The van der Waals surface area contributed by atoms with Crippen molar-refractivity contribution < 1.29 is 43.6 Å². The molecular weight excluding hydrogens is 680 g/mol. The molecule has 1 aliphatic rings. The van der Waals surface area contributed by atoms with E-state index in [2.05, 4.69) is 66.5 Å². The van der Waals surface area contributed by atoms with Crippen molar-refractivity contribution in [1.29, 1.82) is 0 Å². The number of unbranched alkanes of at least 4 members (excludes halogenated alkanes) is 4. The predicted octanol–water partition coefficient (Wildman–Crippen LogP) is 7.98. The number of ether oxygens (including phenoxy) is 3. The molecule has 3 rings (SSSR count). The van der Waals surface area contributed by atoms with Gasteiger partial charge in [-0.1, -0.05) is 93.7 Å². The van der Waals surface area contributed by atoms with E-state index in [0.29, 0.717) is 23.6 Å². The fourth-order valence-electron chi connectivity index (χ4n) is 5.39. The maximum Gasteiger partial charge on any atom is 0.333 e. The van der Waals surface area contributed by atoms with Crippen molar-refractivity contribution >= 4 is 24.4 Å². The van der Waals surface area contributed by atoms with E-state index in [0.717, 1.165) is 6.42 Å². The summed E-state index contributed by atoms with van der Waals surface area (Å²) in [6.07, 6.45) is 21.9. The van der Waals surface area contributed by atoms with Crippen molar-refractivity contribution in [3.63, 3.8) is 0 Å². The number of aryl methyl sites for hydroxylation is 1. The minimum Gasteiger partial charge on any atom is -0.493 e. The molecule has 2 aromatic carbocycles. The molecule has 0 aliphatic heterocycles. The average Bonchev–Trinajstić information content (AvgIpc) is 3.57. The Labute approximate surface area is 315 Å². The van der Waals surface area contributed by atoms with Crippen molar-refractivity contribution in [2.75, 3.05) is 20.3 Å². The van der Waals surface area contributed by atoms with Gasteiger partial charge < -0.3 is 29.5 Å². The van der Waals surface area contributed by atoms with Gasteiger partial charge in [0.05, 0.1) is 19.8 Å². The number of hydrogen-bond acceptors (Lipinski definition) is 10. The lowest BCUT2D eigenvalue weighted by Gasteiger charge is -2.13. The first-order valence-electron chi connectivity index (χ1n) is 18.7. The predicted molar refractivity (Wildman–Crippen MR) is 206 cm³/mol. The summed E-state index contributed by atoms with van der Waals surface area (Å²) in [6.45, 7) is 5.61. The Kier molecular flexibility index (Phi) is 26.1. The van der Waals surface area contributed by atoms with Gasteiger partial charge in [-0.25, -0.2) is 4.79 Å². The fraction of sp³-hybridized carbons (Fsp3) is 0.537. The number of amides is 1. The van der Waals surface area contributed by atoms with Crippen LogP contribution in [0.25, 0.3) is 6.08 Å². The average molecular weight is 741 g/mol. The topological polar surface area (TPSA) is 164 Å². The number of methoxy groups -OCH3 is 1.